The van der Waals surface area contributed by atoms with Crippen molar-refractivity contribution in [3.8, 4) is 0 Å². The smallest absolute Gasteiger partial charge is 0.248 e. The molecule has 0 saturated heterocycles. The molecular formula is C12H18F2N2O. The Hall–Kier alpha value is -0.970. The Balaban J connectivity index is 1.87. The number of alkyl halides is 2. The number of nitrogens with zero attached hydrogens (tertiary/aromatic N) is 2. The third kappa shape index (κ3) is 3.25. The largest absolute Gasteiger partial charge is 0.392 e. The van der Waals surface area contributed by atoms with Crippen molar-refractivity contribution in [3.63, 3.8) is 0 Å². The first-order chi connectivity index (χ1) is 7.96. The molecule has 1 heterocycles. The predicted molar refractivity (Wildman–Crippen MR) is 59.8 cm³/mol. The Morgan fingerprint density at radius 1 is 1.53 bits per heavy atom. The first kappa shape index (κ1) is 12.5. The molecule has 1 aromatic rings. The van der Waals surface area contributed by atoms with E-state index in [4.69, 9.17) is 0 Å². The van der Waals surface area contributed by atoms with Crippen LogP contribution in [0.1, 0.15) is 31.4 Å². The van der Waals surface area contributed by atoms with Crippen molar-refractivity contribution in [2.45, 2.75) is 44.1 Å². The van der Waals surface area contributed by atoms with Crippen molar-refractivity contribution < 1.29 is 13.9 Å². The van der Waals surface area contributed by atoms with Gasteiger partial charge >= 0.3 is 0 Å². The van der Waals surface area contributed by atoms with Gasteiger partial charge in [-0.25, -0.2) is 8.78 Å². The van der Waals surface area contributed by atoms with E-state index in [1.807, 2.05) is 19.3 Å². The molecule has 0 aliphatic heterocycles. The maximum atomic E-state index is 13.0. The molecule has 1 unspecified atom stereocenters. The number of hydrogen-bond acceptors (Lipinski definition) is 2. The molecule has 17 heavy (non-hydrogen) atoms. The molecule has 1 aromatic heterocycles. The lowest BCUT2D eigenvalue weighted by Crippen LogP contribution is -2.32. The average Bonchev–Trinajstić information content (AvgIpc) is 2.63. The predicted octanol–water partition coefficient (Wildman–Crippen LogP) is 2.15. The highest BCUT2D eigenvalue weighted by molar-refractivity contribution is 5.01. The van der Waals surface area contributed by atoms with Crippen LogP contribution in [0.4, 0.5) is 8.78 Å². The Bertz CT molecular complexity index is 368. The van der Waals surface area contributed by atoms with Crippen molar-refractivity contribution >= 4 is 0 Å². The zero-order chi connectivity index (χ0) is 12.5. The van der Waals surface area contributed by atoms with Gasteiger partial charge in [-0.15, -0.1) is 0 Å². The highest BCUT2D eigenvalue weighted by Gasteiger charge is 2.37. The third-order valence-corrected chi connectivity index (χ3v) is 3.49. The van der Waals surface area contributed by atoms with Gasteiger partial charge in [-0.1, -0.05) is 0 Å². The normalized spacial score (nSPS) is 22.6. The molecule has 96 valence electrons. The van der Waals surface area contributed by atoms with Crippen LogP contribution in [0.3, 0.4) is 0 Å². The van der Waals surface area contributed by atoms with Crippen molar-refractivity contribution in [1.82, 2.24) is 9.78 Å². The summed E-state index contributed by atoms with van der Waals surface area (Å²) < 4.78 is 27.6. The molecule has 0 radical (unpaired) electrons. The van der Waals surface area contributed by atoms with Crippen molar-refractivity contribution in [3.05, 3.63) is 18.0 Å². The van der Waals surface area contributed by atoms with Gasteiger partial charge in [0, 0.05) is 32.5 Å². The summed E-state index contributed by atoms with van der Waals surface area (Å²) in [5.74, 6) is -2.54. The Morgan fingerprint density at radius 3 is 2.71 bits per heavy atom. The molecule has 1 N–H and O–H groups in total. The molecule has 1 aliphatic rings. The van der Waals surface area contributed by atoms with Gasteiger partial charge in [0.2, 0.25) is 5.92 Å². The molecule has 1 fully saturated rings. The summed E-state index contributed by atoms with van der Waals surface area (Å²) in [6, 6.07) is 1.85. The molecule has 0 bridgehead atoms. The number of aliphatic hydroxyl groups excluding tert-OH is 1. The maximum absolute atomic E-state index is 13.0. The van der Waals surface area contributed by atoms with Crippen LogP contribution in [0.25, 0.3) is 0 Å². The molecule has 0 aromatic carbocycles. The molecular weight excluding hydrogens is 226 g/mol. The SMILES string of the molecule is Cn1ccc(CC(O)C2CCC(F)(F)CC2)n1. The summed E-state index contributed by atoms with van der Waals surface area (Å²) in [4.78, 5) is 0. The van der Waals surface area contributed by atoms with Gasteiger partial charge < -0.3 is 5.11 Å². The number of aryl methyl sites for hydroxylation is 1. The van der Waals surface area contributed by atoms with E-state index in [0.29, 0.717) is 19.3 Å². The second kappa shape index (κ2) is 4.72. The fourth-order valence-electron chi connectivity index (χ4n) is 2.40. The van der Waals surface area contributed by atoms with Crippen LogP contribution in [0.15, 0.2) is 12.3 Å². The van der Waals surface area contributed by atoms with E-state index < -0.39 is 12.0 Å². The molecule has 1 saturated carbocycles. The summed E-state index contributed by atoms with van der Waals surface area (Å²) >= 11 is 0. The lowest BCUT2D eigenvalue weighted by atomic mass is 9.82. The number of hydrogen-bond donors (Lipinski definition) is 1. The van der Waals surface area contributed by atoms with Gasteiger partial charge in [0.15, 0.2) is 0 Å². The minimum atomic E-state index is -2.53. The van der Waals surface area contributed by atoms with E-state index >= 15 is 0 Å². The van der Waals surface area contributed by atoms with Crippen LogP contribution in [-0.2, 0) is 13.5 Å². The molecule has 2 rings (SSSR count). The minimum absolute atomic E-state index is 0.0170. The van der Waals surface area contributed by atoms with Crippen LogP contribution in [0.5, 0.6) is 0 Å². The van der Waals surface area contributed by atoms with E-state index in [9.17, 15) is 13.9 Å². The van der Waals surface area contributed by atoms with E-state index in [0.717, 1.165) is 5.69 Å². The quantitative estimate of drug-likeness (QED) is 0.884. The highest BCUT2D eigenvalue weighted by atomic mass is 19.3. The van der Waals surface area contributed by atoms with Crippen molar-refractivity contribution in [2.75, 3.05) is 0 Å². The zero-order valence-electron chi connectivity index (χ0n) is 9.94. The Labute approximate surface area is 99.4 Å². The molecule has 1 atom stereocenters. The number of rotatable bonds is 3. The van der Waals surface area contributed by atoms with E-state index in [1.54, 1.807) is 4.68 Å². The van der Waals surface area contributed by atoms with E-state index in [2.05, 4.69) is 5.10 Å². The van der Waals surface area contributed by atoms with Crippen LogP contribution >= 0.6 is 0 Å². The maximum Gasteiger partial charge on any atom is 0.248 e. The fourth-order valence-corrected chi connectivity index (χ4v) is 2.40. The summed E-state index contributed by atoms with van der Waals surface area (Å²) in [6.45, 7) is 0. The number of halogens is 2. The van der Waals surface area contributed by atoms with Crippen LogP contribution in [-0.4, -0.2) is 26.9 Å². The number of aromatic nitrogens is 2. The first-order valence-electron chi connectivity index (χ1n) is 6.01. The van der Waals surface area contributed by atoms with Crippen molar-refractivity contribution in [2.24, 2.45) is 13.0 Å². The topological polar surface area (TPSA) is 38.0 Å². The molecule has 0 spiro atoms. The summed E-state index contributed by atoms with van der Waals surface area (Å²) in [5, 5.41) is 14.2. The molecule has 5 heteroatoms. The second-order valence-corrected chi connectivity index (χ2v) is 4.95. The fraction of sp³-hybridized carbons (Fsp3) is 0.750. The zero-order valence-corrected chi connectivity index (χ0v) is 9.94. The second-order valence-electron chi connectivity index (χ2n) is 4.95. The summed E-state index contributed by atoms with van der Waals surface area (Å²) in [6.07, 6.45) is 2.32. The van der Waals surface area contributed by atoms with Gasteiger partial charge in [-0.3, -0.25) is 4.68 Å². The molecule has 3 nitrogen and oxygen atoms in total. The Morgan fingerprint density at radius 2 is 2.18 bits per heavy atom. The lowest BCUT2D eigenvalue weighted by molar-refractivity contribution is -0.0620. The average molecular weight is 244 g/mol. The lowest BCUT2D eigenvalue weighted by Gasteiger charge is -2.31. The molecule has 1 aliphatic carbocycles. The van der Waals surface area contributed by atoms with Crippen LogP contribution in [0.2, 0.25) is 0 Å². The van der Waals surface area contributed by atoms with E-state index in [-0.39, 0.29) is 18.8 Å². The summed E-state index contributed by atoms with van der Waals surface area (Å²) in [7, 11) is 1.82. The Kier molecular flexibility index (Phi) is 3.47. The van der Waals surface area contributed by atoms with E-state index in [1.165, 1.54) is 0 Å². The van der Waals surface area contributed by atoms with Gasteiger partial charge in [0.05, 0.1) is 11.8 Å². The van der Waals surface area contributed by atoms with Crippen LogP contribution < -0.4 is 0 Å². The van der Waals surface area contributed by atoms with Gasteiger partial charge in [0.1, 0.15) is 0 Å². The minimum Gasteiger partial charge on any atom is -0.392 e. The van der Waals surface area contributed by atoms with Crippen LogP contribution in [0, 0.1) is 5.92 Å². The molecule has 0 amide bonds. The first-order valence-corrected chi connectivity index (χ1v) is 6.01. The number of aliphatic hydroxyl groups is 1. The third-order valence-electron chi connectivity index (χ3n) is 3.49. The monoisotopic (exact) mass is 244 g/mol. The van der Waals surface area contributed by atoms with Gasteiger partial charge in [0.25, 0.3) is 0 Å². The van der Waals surface area contributed by atoms with Crippen molar-refractivity contribution in [1.29, 1.82) is 0 Å². The highest BCUT2D eigenvalue weighted by Crippen LogP contribution is 2.37. The summed E-state index contributed by atoms with van der Waals surface area (Å²) in [5.41, 5.74) is 0.817. The standard InChI is InChI=1S/C12H18F2N2O/c1-16-7-4-10(15-16)8-11(17)9-2-5-12(13,14)6-3-9/h4,7,9,11,17H,2-3,5-6,8H2,1H3. The van der Waals surface area contributed by atoms with Gasteiger partial charge in [-0.05, 0) is 24.8 Å². The van der Waals surface area contributed by atoms with Gasteiger partial charge in [-0.2, -0.15) is 5.10 Å².